The summed E-state index contributed by atoms with van der Waals surface area (Å²) in [7, 11) is 1.68. The minimum absolute atomic E-state index is 0.570. The highest BCUT2D eigenvalue weighted by Crippen LogP contribution is 2.36. The first-order valence-electron chi connectivity index (χ1n) is 7.34. The molecule has 1 aliphatic heterocycles. The van der Waals surface area contributed by atoms with E-state index in [9.17, 15) is 4.91 Å². The fourth-order valence-electron chi connectivity index (χ4n) is 2.68. The maximum Gasteiger partial charge on any atom is 0.127 e. The van der Waals surface area contributed by atoms with E-state index in [1.54, 1.807) is 7.05 Å². The normalized spacial score (nSPS) is 14.5. The van der Waals surface area contributed by atoms with Gasteiger partial charge in [0.1, 0.15) is 12.4 Å². The molecule has 3 rings (SSSR count). The van der Waals surface area contributed by atoms with E-state index in [0.29, 0.717) is 13.2 Å². The number of benzene rings is 2. The quantitative estimate of drug-likeness (QED) is 0.632. The smallest absolute Gasteiger partial charge is 0.127 e. The zero-order chi connectivity index (χ0) is 15.4. The second-order valence-electron chi connectivity index (χ2n) is 5.31. The van der Waals surface area contributed by atoms with Gasteiger partial charge in [-0.3, -0.25) is 5.01 Å². The monoisotopic (exact) mass is 294 g/mol. The lowest BCUT2D eigenvalue weighted by molar-refractivity contribution is 0.307. The first-order valence-corrected chi connectivity index (χ1v) is 7.34. The number of nitrogens with zero attached hydrogens (tertiary/aromatic N) is 2. The number of para-hydroxylation sites is 1. The summed E-state index contributed by atoms with van der Waals surface area (Å²) in [6.45, 7) is 1.17. The van der Waals surface area contributed by atoms with Crippen molar-refractivity contribution in [1.29, 1.82) is 0 Å². The molecular weight excluding hydrogens is 276 g/mol. The fraction of sp³-hybridized carbons (Fsp3) is 0.222. The topological polar surface area (TPSA) is 41.9 Å². The van der Waals surface area contributed by atoms with Crippen LogP contribution in [0.1, 0.15) is 23.1 Å². The Kier molecular flexibility index (Phi) is 4.19. The van der Waals surface area contributed by atoms with Crippen LogP contribution in [0.2, 0.25) is 0 Å². The molecule has 0 unspecified atom stereocenters. The van der Waals surface area contributed by atoms with Crippen molar-refractivity contribution >= 4 is 5.57 Å². The van der Waals surface area contributed by atoms with Gasteiger partial charge in [-0.2, -0.15) is 0 Å². The average Bonchev–Trinajstić information content (AvgIpc) is 2.72. The largest absolute Gasteiger partial charge is 0.488 e. The molecule has 0 fully saturated rings. The zero-order valence-corrected chi connectivity index (χ0v) is 12.5. The van der Waals surface area contributed by atoms with Gasteiger partial charge in [-0.25, -0.2) is 0 Å². The predicted octanol–water partition coefficient (Wildman–Crippen LogP) is 4.01. The van der Waals surface area contributed by atoms with Crippen LogP contribution < -0.4 is 4.74 Å². The summed E-state index contributed by atoms with van der Waals surface area (Å²) in [6.07, 6.45) is 2.91. The summed E-state index contributed by atoms with van der Waals surface area (Å²) in [5, 5.41) is 4.31. The van der Waals surface area contributed by atoms with Gasteiger partial charge in [0.15, 0.2) is 0 Å². The van der Waals surface area contributed by atoms with Crippen molar-refractivity contribution in [2.75, 3.05) is 13.6 Å². The van der Waals surface area contributed by atoms with Gasteiger partial charge in [-0.1, -0.05) is 48.5 Å². The highest BCUT2D eigenvalue weighted by Gasteiger charge is 2.18. The van der Waals surface area contributed by atoms with Crippen LogP contribution >= 0.6 is 0 Å². The first kappa shape index (κ1) is 14.3. The molecule has 0 N–H and O–H groups in total. The summed E-state index contributed by atoms with van der Waals surface area (Å²) in [5.74, 6) is 0.895. The van der Waals surface area contributed by atoms with Crippen molar-refractivity contribution in [2.45, 2.75) is 13.0 Å². The van der Waals surface area contributed by atoms with Crippen molar-refractivity contribution in [1.82, 2.24) is 5.01 Å². The van der Waals surface area contributed by atoms with Crippen molar-refractivity contribution in [3.05, 3.63) is 76.2 Å². The van der Waals surface area contributed by atoms with E-state index in [4.69, 9.17) is 4.74 Å². The van der Waals surface area contributed by atoms with Crippen LogP contribution in [0, 0.1) is 4.91 Å². The van der Waals surface area contributed by atoms with Gasteiger partial charge in [0.25, 0.3) is 0 Å². The molecule has 112 valence electrons. The second-order valence-corrected chi connectivity index (χ2v) is 5.31. The van der Waals surface area contributed by atoms with Crippen molar-refractivity contribution < 1.29 is 4.74 Å². The Morgan fingerprint density at radius 2 is 1.86 bits per heavy atom. The van der Waals surface area contributed by atoms with Crippen molar-refractivity contribution in [3.63, 3.8) is 0 Å². The van der Waals surface area contributed by atoms with Gasteiger partial charge in [0.05, 0.1) is 5.29 Å². The minimum Gasteiger partial charge on any atom is -0.488 e. The average molecular weight is 294 g/mol. The Balaban J connectivity index is 2.02. The molecule has 0 spiro atoms. The Labute approximate surface area is 130 Å². The molecule has 0 aromatic heterocycles. The molecule has 4 heteroatoms. The Morgan fingerprint density at radius 1 is 1.14 bits per heavy atom. The maximum atomic E-state index is 10.5. The van der Waals surface area contributed by atoms with Crippen LogP contribution in [0.15, 0.2) is 59.9 Å². The number of hydrogen-bond acceptors (Lipinski definition) is 3. The fourth-order valence-corrected chi connectivity index (χ4v) is 2.68. The van der Waals surface area contributed by atoms with Crippen LogP contribution in [-0.4, -0.2) is 18.6 Å². The molecule has 1 heterocycles. The molecule has 4 nitrogen and oxygen atoms in total. The standard InChI is InChI=1S/C18H18N2O2/c1-20(19-21)12-6-10-16-15-8-3-2-7-14(15)13-22-18-11-5-4-9-17(16)18/h2-5,7-11H,6,12-13H2,1H3/b16-10-. The van der Waals surface area contributed by atoms with Crippen molar-refractivity contribution in [2.24, 2.45) is 5.29 Å². The lowest BCUT2D eigenvalue weighted by Crippen LogP contribution is -2.10. The van der Waals surface area contributed by atoms with E-state index in [1.165, 1.54) is 16.1 Å². The van der Waals surface area contributed by atoms with Gasteiger partial charge in [0, 0.05) is 19.2 Å². The summed E-state index contributed by atoms with van der Waals surface area (Å²) >= 11 is 0. The van der Waals surface area contributed by atoms with Crippen LogP contribution in [0.25, 0.3) is 5.57 Å². The highest BCUT2D eigenvalue weighted by molar-refractivity contribution is 5.84. The SMILES string of the molecule is CN(CC/C=C1/c2ccccc2COc2ccccc21)N=O. The van der Waals surface area contributed by atoms with Gasteiger partial charge in [0.2, 0.25) is 0 Å². The molecule has 1 aliphatic rings. The molecule has 0 aliphatic carbocycles. The third-order valence-corrected chi connectivity index (χ3v) is 3.81. The molecule has 0 radical (unpaired) electrons. The van der Waals surface area contributed by atoms with Crippen LogP contribution in [0.3, 0.4) is 0 Å². The summed E-state index contributed by atoms with van der Waals surface area (Å²) in [5.41, 5.74) is 4.61. The number of rotatable bonds is 4. The third-order valence-electron chi connectivity index (χ3n) is 3.81. The Bertz CT molecular complexity index is 660. The molecule has 0 atom stereocenters. The van der Waals surface area contributed by atoms with Crippen LogP contribution in [0.5, 0.6) is 5.75 Å². The van der Waals surface area contributed by atoms with Gasteiger partial charge >= 0.3 is 0 Å². The van der Waals surface area contributed by atoms with Gasteiger partial charge in [-0.15, -0.1) is 4.91 Å². The van der Waals surface area contributed by atoms with E-state index in [1.807, 2.05) is 30.3 Å². The van der Waals surface area contributed by atoms with E-state index in [-0.39, 0.29) is 0 Å². The number of fused-ring (bicyclic) bond motifs is 2. The summed E-state index contributed by atoms with van der Waals surface area (Å²) < 4.78 is 5.93. The molecule has 0 saturated heterocycles. The molecule has 0 amide bonds. The van der Waals surface area contributed by atoms with E-state index >= 15 is 0 Å². The van der Waals surface area contributed by atoms with E-state index < -0.39 is 0 Å². The molecule has 2 aromatic carbocycles. The third kappa shape index (κ3) is 2.86. The van der Waals surface area contributed by atoms with Gasteiger partial charge in [-0.05, 0) is 29.2 Å². The molecule has 0 saturated carbocycles. The number of ether oxygens (including phenoxy) is 1. The molecule has 0 bridgehead atoms. The number of nitroso groups, excluding NO2 is 1. The van der Waals surface area contributed by atoms with E-state index in [2.05, 4.69) is 29.6 Å². The first-order chi connectivity index (χ1) is 10.8. The number of hydrogen-bond donors (Lipinski definition) is 0. The highest BCUT2D eigenvalue weighted by atomic mass is 16.5. The maximum absolute atomic E-state index is 10.5. The minimum atomic E-state index is 0.570. The second kappa shape index (κ2) is 6.43. The lowest BCUT2D eigenvalue weighted by atomic mass is 9.93. The lowest BCUT2D eigenvalue weighted by Gasteiger charge is -2.11. The summed E-state index contributed by atoms with van der Waals surface area (Å²) in [6, 6.07) is 16.3. The zero-order valence-electron chi connectivity index (χ0n) is 12.5. The molecular formula is C18H18N2O2. The van der Waals surface area contributed by atoms with E-state index in [0.717, 1.165) is 23.3 Å². The van der Waals surface area contributed by atoms with Crippen molar-refractivity contribution in [3.8, 4) is 5.75 Å². The van der Waals surface area contributed by atoms with Gasteiger partial charge < -0.3 is 4.74 Å². The Morgan fingerprint density at radius 3 is 2.68 bits per heavy atom. The van der Waals surface area contributed by atoms with Crippen LogP contribution in [-0.2, 0) is 6.61 Å². The molecule has 22 heavy (non-hydrogen) atoms. The predicted molar refractivity (Wildman–Crippen MR) is 87.3 cm³/mol. The Hall–Kier alpha value is -2.62. The summed E-state index contributed by atoms with van der Waals surface area (Å²) in [4.78, 5) is 10.5. The van der Waals surface area contributed by atoms with Crippen LogP contribution in [0.4, 0.5) is 0 Å². The molecule has 2 aromatic rings.